The van der Waals surface area contributed by atoms with E-state index in [1.165, 1.54) is 11.1 Å². The van der Waals surface area contributed by atoms with E-state index in [9.17, 15) is 14.9 Å². The van der Waals surface area contributed by atoms with Gasteiger partial charge in [-0.2, -0.15) is 0 Å². The minimum atomic E-state index is -0.407. The highest BCUT2D eigenvalue weighted by Crippen LogP contribution is 2.34. The Morgan fingerprint density at radius 1 is 1.56 bits per heavy atom. The van der Waals surface area contributed by atoms with Gasteiger partial charge in [0.15, 0.2) is 0 Å². The van der Waals surface area contributed by atoms with Crippen LogP contribution in [0.1, 0.15) is 25.3 Å². The summed E-state index contributed by atoms with van der Waals surface area (Å²) in [6.45, 7) is 2.36. The molecule has 6 nitrogen and oxygen atoms in total. The van der Waals surface area contributed by atoms with Gasteiger partial charge >= 0.3 is 5.97 Å². The van der Waals surface area contributed by atoms with Gasteiger partial charge in [0.2, 0.25) is 0 Å². The summed E-state index contributed by atoms with van der Waals surface area (Å²) >= 11 is 0. The lowest BCUT2D eigenvalue weighted by atomic mass is 10.1. The average Bonchev–Trinajstić information content (AvgIpc) is 2.72. The first-order valence-electron chi connectivity index (χ1n) is 5.88. The monoisotopic (exact) mass is 250 g/mol. The Balaban J connectivity index is 2.21. The second-order valence-corrected chi connectivity index (χ2v) is 4.10. The van der Waals surface area contributed by atoms with E-state index in [0.717, 1.165) is 0 Å². The molecule has 0 bridgehead atoms. The second kappa shape index (κ2) is 5.03. The molecule has 0 saturated carbocycles. The summed E-state index contributed by atoms with van der Waals surface area (Å²) in [7, 11) is 0. The summed E-state index contributed by atoms with van der Waals surface area (Å²) in [5.41, 5.74) is 1.34. The van der Waals surface area contributed by atoms with E-state index in [1.807, 2.05) is 6.92 Å². The van der Waals surface area contributed by atoms with Gasteiger partial charge in [-0.3, -0.25) is 10.1 Å². The molecule has 1 aromatic carbocycles. The molecular formula is C12H14N2O4. The topological polar surface area (TPSA) is 72.7 Å². The van der Waals surface area contributed by atoms with Crippen LogP contribution in [0, 0.1) is 10.1 Å². The molecule has 1 aromatic rings. The molecule has 0 amide bonds. The molecule has 0 saturated heterocycles. The standard InChI is InChI=1S/C12H14N2O4/c1-2-4-12(15)18-13-8-7-9-10(13)5-3-6-11(9)14(16)17/h3,5-6H,2,4,7-8H2,1H3. The van der Waals surface area contributed by atoms with Gasteiger partial charge in [0.1, 0.15) is 0 Å². The zero-order valence-corrected chi connectivity index (χ0v) is 10.1. The smallest absolute Gasteiger partial charge is 0.332 e. The molecule has 1 aliphatic rings. The number of nitro groups is 1. The van der Waals surface area contributed by atoms with E-state index >= 15 is 0 Å². The van der Waals surface area contributed by atoms with Gasteiger partial charge in [-0.25, -0.2) is 9.86 Å². The fourth-order valence-electron chi connectivity index (χ4n) is 2.02. The van der Waals surface area contributed by atoms with Crippen LogP contribution in [-0.2, 0) is 16.1 Å². The molecule has 18 heavy (non-hydrogen) atoms. The Hall–Kier alpha value is -2.11. The van der Waals surface area contributed by atoms with Crippen molar-refractivity contribution in [2.45, 2.75) is 26.2 Å². The van der Waals surface area contributed by atoms with Gasteiger partial charge in [0, 0.05) is 18.9 Å². The molecule has 1 heterocycles. The van der Waals surface area contributed by atoms with Gasteiger partial charge in [-0.15, -0.1) is 0 Å². The Morgan fingerprint density at radius 3 is 3.00 bits per heavy atom. The fraction of sp³-hybridized carbons (Fsp3) is 0.417. The third kappa shape index (κ3) is 2.27. The van der Waals surface area contributed by atoms with Crippen LogP contribution in [0.15, 0.2) is 18.2 Å². The number of hydrogen-bond acceptors (Lipinski definition) is 5. The number of carbonyl (C=O) groups excluding carboxylic acids is 1. The summed E-state index contributed by atoms with van der Waals surface area (Å²) < 4.78 is 0. The summed E-state index contributed by atoms with van der Waals surface area (Å²) in [6.07, 6.45) is 1.58. The number of hydrogen-bond donors (Lipinski definition) is 0. The second-order valence-electron chi connectivity index (χ2n) is 4.10. The van der Waals surface area contributed by atoms with Crippen molar-refractivity contribution in [2.75, 3.05) is 11.6 Å². The van der Waals surface area contributed by atoms with E-state index in [2.05, 4.69) is 0 Å². The van der Waals surface area contributed by atoms with Crippen molar-refractivity contribution in [3.63, 3.8) is 0 Å². The Labute approximate surface area is 104 Å². The SMILES string of the molecule is CCCC(=O)ON1CCc2c1cccc2[N+](=O)[O-]. The Kier molecular flexibility index (Phi) is 3.45. The number of benzene rings is 1. The van der Waals surface area contributed by atoms with Gasteiger partial charge in [0.25, 0.3) is 5.69 Å². The maximum Gasteiger partial charge on any atom is 0.332 e. The molecule has 0 aromatic heterocycles. The van der Waals surface area contributed by atoms with Crippen molar-refractivity contribution >= 4 is 17.3 Å². The average molecular weight is 250 g/mol. The third-order valence-electron chi connectivity index (χ3n) is 2.82. The fourth-order valence-corrected chi connectivity index (χ4v) is 2.02. The zero-order chi connectivity index (χ0) is 13.1. The van der Waals surface area contributed by atoms with Crippen molar-refractivity contribution in [2.24, 2.45) is 0 Å². The minimum Gasteiger partial charge on any atom is -0.341 e. The molecule has 0 radical (unpaired) electrons. The van der Waals surface area contributed by atoms with Crippen LogP contribution in [0.4, 0.5) is 11.4 Å². The van der Waals surface area contributed by atoms with Crippen LogP contribution in [0.3, 0.4) is 0 Å². The van der Waals surface area contributed by atoms with Crippen molar-refractivity contribution in [3.05, 3.63) is 33.9 Å². The molecule has 6 heteroatoms. The van der Waals surface area contributed by atoms with E-state index < -0.39 is 4.92 Å². The lowest BCUT2D eigenvalue weighted by Gasteiger charge is -2.17. The van der Waals surface area contributed by atoms with Crippen LogP contribution >= 0.6 is 0 Å². The van der Waals surface area contributed by atoms with Gasteiger partial charge in [-0.05, 0) is 12.5 Å². The highest BCUT2D eigenvalue weighted by molar-refractivity contribution is 5.73. The molecule has 0 atom stereocenters. The van der Waals surface area contributed by atoms with Crippen LogP contribution in [0.5, 0.6) is 0 Å². The minimum absolute atomic E-state index is 0.0848. The lowest BCUT2D eigenvalue weighted by Crippen LogP contribution is -2.24. The largest absolute Gasteiger partial charge is 0.341 e. The van der Waals surface area contributed by atoms with E-state index in [-0.39, 0.29) is 11.7 Å². The van der Waals surface area contributed by atoms with Crippen molar-refractivity contribution in [1.82, 2.24) is 0 Å². The van der Waals surface area contributed by atoms with Crippen molar-refractivity contribution in [1.29, 1.82) is 0 Å². The molecule has 2 rings (SSSR count). The molecule has 0 N–H and O–H groups in total. The summed E-state index contributed by atoms with van der Waals surface area (Å²) in [4.78, 5) is 27.1. The number of anilines is 1. The Morgan fingerprint density at radius 2 is 2.33 bits per heavy atom. The first-order chi connectivity index (χ1) is 8.63. The maximum absolute atomic E-state index is 11.4. The predicted molar refractivity (Wildman–Crippen MR) is 65.1 cm³/mol. The molecular weight excluding hydrogens is 236 g/mol. The van der Waals surface area contributed by atoms with Gasteiger partial charge < -0.3 is 4.84 Å². The number of nitrogens with zero attached hydrogens (tertiary/aromatic N) is 2. The van der Waals surface area contributed by atoms with E-state index in [1.54, 1.807) is 12.1 Å². The number of carbonyl (C=O) groups is 1. The molecule has 96 valence electrons. The maximum atomic E-state index is 11.4. The number of fused-ring (bicyclic) bond motifs is 1. The van der Waals surface area contributed by atoms with Crippen LogP contribution in [0.25, 0.3) is 0 Å². The first kappa shape index (κ1) is 12.3. The highest BCUT2D eigenvalue weighted by atomic mass is 16.7. The summed E-state index contributed by atoms with van der Waals surface area (Å²) in [5, 5.41) is 12.3. The quantitative estimate of drug-likeness (QED) is 0.605. The number of hydroxylamine groups is 1. The Bertz CT molecular complexity index is 487. The predicted octanol–water partition coefficient (Wildman–Crippen LogP) is 2.22. The molecule has 0 aliphatic carbocycles. The van der Waals surface area contributed by atoms with E-state index in [4.69, 9.17) is 4.84 Å². The first-order valence-corrected chi connectivity index (χ1v) is 5.88. The van der Waals surface area contributed by atoms with Gasteiger partial charge in [0.05, 0.1) is 22.7 Å². The van der Waals surface area contributed by atoms with Crippen molar-refractivity contribution < 1.29 is 14.6 Å². The molecule has 0 unspecified atom stereocenters. The lowest BCUT2D eigenvalue weighted by molar-refractivity contribution is -0.385. The summed E-state index contributed by atoms with van der Waals surface area (Å²) in [5.74, 6) is -0.308. The summed E-state index contributed by atoms with van der Waals surface area (Å²) in [6, 6.07) is 4.80. The van der Waals surface area contributed by atoms with Crippen LogP contribution in [-0.4, -0.2) is 17.4 Å². The molecule has 1 aliphatic heterocycles. The van der Waals surface area contributed by atoms with E-state index in [0.29, 0.717) is 37.1 Å². The van der Waals surface area contributed by atoms with Crippen LogP contribution < -0.4 is 5.06 Å². The van der Waals surface area contributed by atoms with Crippen molar-refractivity contribution in [3.8, 4) is 0 Å². The molecule has 0 spiro atoms. The third-order valence-corrected chi connectivity index (χ3v) is 2.82. The van der Waals surface area contributed by atoms with Crippen LogP contribution in [0.2, 0.25) is 0 Å². The van der Waals surface area contributed by atoms with Gasteiger partial charge in [-0.1, -0.05) is 13.0 Å². The highest BCUT2D eigenvalue weighted by Gasteiger charge is 2.28. The molecule has 0 fully saturated rings. The number of nitro benzene ring substituents is 1. The zero-order valence-electron chi connectivity index (χ0n) is 10.1. The number of rotatable bonds is 4. The normalized spacial score (nSPS) is 13.3.